The number of hydrogen-bond donors (Lipinski definition) is 2. The summed E-state index contributed by atoms with van der Waals surface area (Å²) in [5.74, 6) is -0.438. The van der Waals surface area contributed by atoms with Crippen molar-refractivity contribution >= 4 is 27.5 Å². The number of aliphatic hydroxyl groups is 2. The maximum Gasteiger partial charge on any atom is 0.254 e. The van der Waals surface area contributed by atoms with Crippen LogP contribution in [0.1, 0.15) is 30.4 Å². The van der Waals surface area contributed by atoms with Crippen molar-refractivity contribution in [3.05, 3.63) is 29.3 Å². The first-order valence-electron chi connectivity index (χ1n) is 7.06. The van der Waals surface area contributed by atoms with Gasteiger partial charge in [0.25, 0.3) is 5.91 Å². The second-order valence-corrected chi connectivity index (χ2v) is 6.51. The number of benzene rings is 1. The van der Waals surface area contributed by atoms with Gasteiger partial charge in [0.05, 0.1) is 10.2 Å². The highest BCUT2D eigenvalue weighted by molar-refractivity contribution is 7.18. The predicted octanol–water partition coefficient (Wildman–Crippen LogP) is 1.70. The van der Waals surface area contributed by atoms with Gasteiger partial charge in [-0.1, -0.05) is 12.1 Å². The van der Waals surface area contributed by atoms with Gasteiger partial charge in [-0.25, -0.2) is 4.98 Å². The molecule has 0 saturated heterocycles. The Morgan fingerprint density at radius 2 is 2.10 bits per heavy atom. The highest BCUT2D eigenvalue weighted by atomic mass is 32.1. The molecule has 5 nitrogen and oxygen atoms in total. The van der Waals surface area contributed by atoms with E-state index in [1.54, 1.807) is 11.9 Å². The monoisotopic (exact) mass is 306 g/mol. The van der Waals surface area contributed by atoms with Gasteiger partial charge in [-0.05, 0) is 31.4 Å². The second kappa shape index (κ2) is 5.71. The molecule has 1 aromatic heterocycles. The molecule has 1 aromatic carbocycles. The van der Waals surface area contributed by atoms with Crippen molar-refractivity contribution in [1.29, 1.82) is 0 Å². The molecular weight excluding hydrogens is 288 g/mol. The lowest BCUT2D eigenvalue weighted by molar-refractivity contribution is -0.148. The van der Waals surface area contributed by atoms with E-state index in [0.717, 1.165) is 29.5 Å². The third kappa shape index (κ3) is 2.66. The molecular formula is C15H18N2O3S. The molecule has 1 aliphatic carbocycles. The smallest absolute Gasteiger partial charge is 0.254 e. The quantitative estimate of drug-likeness (QED) is 0.902. The maximum atomic E-state index is 12.2. The Morgan fingerprint density at radius 3 is 2.71 bits per heavy atom. The van der Waals surface area contributed by atoms with E-state index < -0.39 is 18.1 Å². The maximum absolute atomic E-state index is 12.2. The van der Waals surface area contributed by atoms with Crippen LogP contribution < -0.4 is 0 Å². The summed E-state index contributed by atoms with van der Waals surface area (Å²) in [5, 5.41) is 20.7. The molecule has 0 spiro atoms. The molecule has 2 N–H and O–H groups in total. The van der Waals surface area contributed by atoms with E-state index in [2.05, 4.69) is 4.98 Å². The number of aromatic nitrogens is 1. The van der Waals surface area contributed by atoms with E-state index in [1.807, 2.05) is 24.3 Å². The van der Waals surface area contributed by atoms with Crippen LogP contribution in [0, 0.1) is 0 Å². The van der Waals surface area contributed by atoms with Crippen molar-refractivity contribution in [2.75, 3.05) is 7.05 Å². The number of para-hydroxylation sites is 1. The van der Waals surface area contributed by atoms with Crippen LogP contribution in [0.2, 0.25) is 0 Å². The Bertz CT molecular complexity index is 620. The lowest BCUT2D eigenvalue weighted by Gasteiger charge is -2.36. The van der Waals surface area contributed by atoms with Gasteiger partial charge >= 0.3 is 0 Å². The third-order valence-electron chi connectivity index (χ3n) is 4.09. The van der Waals surface area contributed by atoms with E-state index in [-0.39, 0.29) is 6.04 Å². The largest absolute Gasteiger partial charge is 0.383 e. The van der Waals surface area contributed by atoms with Crippen LogP contribution in [0.25, 0.3) is 10.2 Å². The summed E-state index contributed by atoms with van der Waals surface area (Å²) in [4.78, 5) is 18.0. The number of likely N-dealkylation sites (N-methyl/N-ethyl adjacent to an activating group) is 1. The zero-order chi connectivity index (χ0) is 15.0. The molecule has 0 unspecified atom stereocenters. The molecule has 0 aliphatic heterocycles. The molecule has 6 heteroatoms. The Labute approximate surface area is 126 Å². The first-order valence-corrected chi connectivity index (χ1v) is 7.88. The summed E-state index contributed by atoms with van der Waals surface area (Å²) in [6, 6.07) is 7.69. The third-order valence-corrected chi connectivity index (χ3v) is 5.19. The normalized spacial score (nSPS) is 18.2. The van der Waals surface area contributed by atoms with Gasteiger partial charge in [0.1, 0.15) is 11.1 Å². The molecule has 2 aromatic rings. The molecule has 3 rings (SSSR count). The number of carbonyl (C=O) groups excluding carboxylic acids is 1. The number of rotatable bonds is 4. The number of carbonyl (C=O) groups is 1. The summed E-state index contributed by atoms with van der Waals surface area (Å²) in [5.41, 5.74) is 0.767. The molecule has 1 saturated carbocycles. The van der Waals surface area contributed by atoms with Crippen molar-refractivity contribution in [2.45, 2.75) is 37.5 Å². The number of fused-ring (bicyclic) bond motifs is 1. The highest BCUT2D eigenvalue weighted by Gasteiger charge is 2.34. The Hall–Kier alpha value is -1.50. The molecule has 2 atom stereocenters. The Morgan fingerprint density at radius 1 is 1.38 bits per heavy atom. The van der Waals surface area contributed by atoms with Gasteiger partial charge in [-0.15, -0.1) is 11.3 Å². The molecule has 0 radical (unpaired) electrons. The fourth-order valence-electron chi connectivity index (χ4n) is 2.45. The van der Waals surface area contributed by atoms with Crippen LogP contribution in [-0.4, -0.2) is 45.2 Å². The van der Waals surface area contributed by atoms with E-state index in [4.69, 9.17) is 0 Å². The van der Waals surface area contributed by atoms with Crippen LogP contribution in [-0.2, 0) is 4.79 Å². The fraction of sp³-hybridized carbons (Fsp3) is 0.467. The van der Waals surface area contributed by atoms with E-state index in [1.165, 1.54) is 11.3 Å². The lowest BCUT2D eigenvalue weighted by atomic mass is 9.91. The molecule has 112 valence electrons. The lowest BCUT2D eigenvalue weighted by Crippen LogP contribution is -2.47. The molecule has 1 aliphatic rings. The number of nitrogens with zero attached hydrogens (tertiary/aromatic N) is 2. The number of aliphatic hydroxyl groups excluding tert-OH is 2. The fourth-order valence-corrected chi connectivity index (χ4v) is 3.43. The standard InChI is InChI=1S/C15H18N2O3S/c1-17(9-5-4-6-9)15(20)13(19)12(18)14-16-10-7-2-3-8-11(10)21-14/h2-3,7-9,12-13,18-19H,4-6H2,1H3/t12-,13+/m1/s1. The topological polar surface area (TPSA) is 73.7 Å². The van der Waals surface area contributed by atoms with E-state index >= 15 is 0 Å². The number of hydrogen-bond acceptors (Lipinski definition) is 5. The Kier molecular flexibility index (Phi) is 3.93. The zero-order valence-electron chi connectivity index (χ0n) is 11.8. The first kappa shape index (κ1) is 14.4. The molecule has 1 amide bonds. The summed E-state index contributed by atoms with van der Waals surface area (Å²) < 4.78 is 0.929. The van der Waals surface area contributed by atoms with Crippen molar-refractivity contribution in [1.82, 2.24) is 9.88 Å². The average Bonchev–Trinajstić information content (AvgIpc) is 2.86. The van der Waals surface area contributed by atoms with Gasteiger partial charge in [0.2, 0.25) is 0 Å². The van der Waals surface area contributed by atoms with Crippen molar-refractivity contribution in [2.24, 2.45) is 0 Å². The van der Waals surface area contributed by atoms with Crippen molar-refractivity contribution in [3.8, 4) is 0 Å². The highest BCUT2D eigenvalue weighted by Crippen LogP contribution is 2.30. The summed E-state index contributed by atoms with van der Waals surface area (Å²) in [7, 11) is 1.68. The van der Waals surface area contributed by atoms with Gasteiger partial charge in [0, 0.05) is 13.1 Å². The minimum atomic E-state index is -1.46. The molecule has 0 bridgehead atoms. The molecule has 1 heterocycles. The molecule has 1 fully saturated rings. The summed E-state index contributed by atoms with van der Waals surface area (Å²) in [6.07, 6.45) is 0.297. The molecule has 21 heavy (non-hydrogen) atoms. The van der Waals surface area contributed by atoms with Crippen LogP contribution in [0.4, 0.5) is 0 Å². The van der Waals surface area contributed by atoms with Gasteiger partial charge in [-0.2, -0.15) is 0 Å². The average molecular weight is 306 g/mol. The SMILES string of the molecule is CN(C(=O)[C@@H](O)[C@@H](O)c1nc2ccccc2s1)C1CCC1. The summed E-state index contributed by atoms with van der Waals surface area (Å²) >= 11 is 1.30. The predicted molar refractivity (Wildman–Crippen MR) is 81.0 cm³/mol. The van der Waals surface area contributed by atoms with E-state index in [0.29, 0.717) is 5.01 Å². The van der Waals surface area contributed by atoms with Crippen molar-refractivity contribution < 1.29 is 15.0 Å². The van der Waals surface area contributed by atoms with Crippen LogP contribution in [0.15, 0.2) is 24.3 Å². The van der Waals surface area contributed by atoms with Gasteiger partial charge < -0.3 is 15.1 Å². The van der Waals surface area contributed by atoms with Crippen LogP contribution in [0.5, 0.6) is 0 Å². The zero-order valence-corrected chi connectivity index (χ0v) is 12.6. The van der Waals surface area contributed by atoms with E-state index in [9.17, 15) is 15.0 Å². The van der Waals surface area contributed by atoms with Crippen molar-refractivity contribution in [3.63, 3.8) is 0 Å². The summed E-state index contributed by atoms with van der Waals surface area (Å²) in [6.45, 7) is 0. The first-order chi connectivity index (χ1) is 10.1. The Balaban J connectivity index is 1.76. The number of amides is 1. The van der Waals surface area contributed by atoms with Crippen LogP contribution in [0.3, 0.4) is 0 Å². The second-order valence-electron chi connectivity index (χ2n) is 5.44. The minimum absolute atomic E-state index is 0.190. The van der Waals surface area contributed by atoms with Crippen LogP contribution >= 0.6 is 11.3 Å². The van der Waals surface area contributed by atoms with Gasteiger partial charge in [0.15, 0.2) is 6.10 Å². The number of thiazole rings is 1. The van der Waals surface area contributed by atoms with Gasteiger partial charge in [-0.3, -0.25) is 4.79 Å². The minimum Gasteiger partial charge on any atom is -0.383 e.